The van der Waals surface area contributed by atoms with Crippen LogP contribution in [0.5, 0.6) is 5.75 Å². The Bertz CT molecular complexity index is 504. The van der Waals surface area contributed by atoms with Crippen LogP contribution in [0.2, 0.25) is 5.02 Å². The van der Waals surface area contributed by atoms with Gasteiger partial charge < -0.3 is 10.5 Å². The average molecular weight is 296 g/mol. The normalized spacial score (nSPS) is 18.1. The highest BCUT2D eigenvalue weighted by molar-refractivity contribution is 6.32. The van der Waals surface area contributed by atoms with Crippen LogP contribution in [0.15, 0.2) is 0 Å². The van der Waals surface area contributed by atoms with Gasteiger partial charge in [0.05, 0.1) is 7.11 Å². The third-order valence-corrected chi connectivity index (χ3v) is 5.67. The standard InChI is InChI=1S/C17H26ClNO/c1-11-12(2)16(20-4)14(13(3)15(11)18)17(10-19)8-6-5-7-9-17/h5-10,19H2,1-4H3. The first kappa shape index (κ1) is 15.7. The largest absolute Gasteiger partial charge is 0.496 e. The van der Waals surface area contributed by atoms with E-state index in [0.29, 0.717) is 6.54 Å². The maximum atomic E-state index is 6.56. The molecule has 1 aliphatic carbocycles. The summed E-state index contributed by atoms with van der Waals surface area (Å²) in [7, 11) is 1.76. The second kappa shape index (κ2) is 5.95. The molecule has 2 N–H and O–H groups in total. The van der Waals surface area contributed by atoms with E-state index >= 15 is 0 Å². The van der Waals surface area contributed by atoms with Crippen LogP contribution in [-0.2, 0) is 5.41 Å². The number of ether oxygens (including phenoxy) is 1. The lowest BCUT2D eigenvalue weighted by Gasteiger charge is -2.39. The number of halogens is 1. The molecule has 1 aliphatic rings. The second-order valence-corrected chi connectivity index (χ2v) is 6.52. The van der Waals surface area contributed by atoms with Gasteiger partial charge in [-0.05, 0) is 50.3 Å². The zero-order valence-electron chi connectivity index (χ0n) is 13.1. The Morgan fingerprint density at radius 3 is 2.15 bits per heavy atom. The molecule has 0 radical (unpaired) electrons. The van der Waals surface area contributed by atoms with Crippen molar-refractivity contribution in [3.63, 3.8) is 0 Å². The molecular weight excluding hydrogens is 270 g/mol. The molecule has 0 spiro atoms. The van der Waals surface area contributed by atoms with Crippen molar-refractivity contribution in [3.8, 4) is 5.75 Å². The molecule has 2 rings (SSSR count). The van der Waals surface area contributed by atoms with E-state index in [4.69, 9.17) is 22.1 Å². The van der Waals surface area contributed by atoms with Crippen molar-refractivity contribution in [1.82, 2.24) is 0 Å². The van der Waals surface area contributed by atoms with Crippen molar-refractivity contribution in [2.24, 2.45) is 5.73 Å². The highest BCUT2D eigenvalue weighted by Crippen LogP contribution is 2.48. The molecule has 0 aliphatic heterocycles. The van der Waals surface area contributed by atoms with Crippen molar-refractivity contribution < 1.29 is 4.74 Å². The number of nitrogens with two attached hydrogens (primary N) is 1. The summed E-state index contributed by atoms with van der Waals surface area (Å²) in [6, 6.07) is 0. The molecule has 2 nitrogen and oxygen atoms in total. The predicted octanol–water partition coefficient (Wildman–Crippen LogP) is 4.43. The fraction of sp³-hybridized carbons (Fsp3) is 0.647. The van der Waals surface area contributed by atoms with Gasteiger partial charge in [0.2, 0.25) is 0 Å². The highest BCUT2D eigenvalue weighted by Gasteiger charge is 2.37. The van der Waals surface area contributed by atoms with Crippen LogP contribution < -0.4 is 10.5 Å². The Morgan fingerprint density at radius 1 is 1.05 bits per heavy atom. The fourth-order valence-corrected chi connectivity index (χ4v) is 4.00. The van der Waals surface area contributed by atoms with Crippen molar-refractivity contribution >= 4 is 11.6 Å². The van der Waals surface area contributed by atoms with Crippen molar-refractivity contribution in [1.29, 1.82) is 0 Å². The van der Waals surface area contributed by atoms with Crippen molar-refractivity contribution in [2.45, 2.75) is 58.3 Å². The van der Waals surface area contributed by atoms with E-state index in [1.807, 2.05) is 0 Å². The second-order valence-electron chi connectivity index (χ2n) is 6.14. The monoisotopic (exact) mass is 295 g/mol. The van der Waals surface area contributed by atoms with Crippen LogP contribution >= 0.6 is 11.6 Å². The first-order valence-electron chi connectivity index (χ1n) is 7.52. The van der Waals surface area contributed by atoms with Crippen LogP contribution in [0.3, 0.4) is 0 Å². The number of hydrogen-bond acceptors (Lipinski definition) is 2. The van der Waals surface area contributed by atoms with E-state index in [0.717, 1.165) is 40.3 Å². The Kier molecular flexibility index (Phi) is 4.66. The Morgan fingerprint density at radius 2 is 1.65 bits per heavy atom. The van der Waals surface area contributed by atoms with Gasteiger partial charge in [0.1, 0.15) is 5.75 Å². The molecule has 1 aromatic carbocycles. The van der Waals surface area contributed by atoms with E-state index < -0.39 is 0 Å². The van der Waals surface area contributed by atoms with Crippen molar-refractivity contribution in [2.75, 3.05) is 13.7 Å². The third kappa shape index (κ3) is 2.33. The lowest BCUT2D eigenvalue weighted by atomic mass is 9.67. The smallest absolute Gasteiger partial charge is 0.126 e. The summed E-state index contributed by atoms with van der Waals surface area (Å²) in [5, 5.41) is 0.872. The van der Waals surface area contributed by atoms with Crippen LogP contribution in [-0.4, -0.2) is 13.7 Å². The van der Waals surface area contributed by atoms with E-state index in [1.165, 1.54) is 24.8 Å². The molecule has 0 unspecified atom stereocenters. The average Bonchev–Trinajstić information content (AvgIpc) is 2.49. The molecule has 20 heavy (non-hydrogen) atoms. The van der Waals surface area contributed by atoms with Gasteiger partial charge in [-0.2, -0.15) is 0 Å². The maximum Gasteiger partial charge on any atom is 0.126 e. The topological polar surface area (TPSA) is 35.2 Å². The van der Waals surface area contributed by atoms with Crippen LogP contribution in [0.1, 0.15) is 54.4 Å². The lowest BCUT2D eigenvalue weighted by molar-refractivity contribution is 0.286. The minimum Gasteiger partial charge on any atom is -0.496 e. The summed E-state index contributed by atoms with van der Waals surface area (Å²) in [4.78, 5) is 0. The molecule has 3 heteroatoms. The molecule has 0 aromatic heterocycles. The quantitative estimate of drug-likeness (QED) is 0.895. The molecule has 1 saturated carbocycles. The van der Waals surface area contributed by atoms with Crippen LogP contribution in [0.25, 0.3) is 0 Å². The summed E-state index contributed by atoms with van der Waals surface area (Å²) in [5.41, 5.74) is 10.9. The molecule has 0 amide bonds. The first-order chi connectivity index (χ1) is 9.48. The molecule has 1 aromatic rings. The van der Waals surface area contributed by atoms with E-state index in [2.05, 4.69) is 20.8 Å². The summed E-state index contributed by atoms with van der Waals surface area (Å²) in [6.07, 6.45) is 6.06. The Hall–Kier alpha value is -0.730. The molecule has 0 heterocycles. The SMILES string of the molecule is COc1c(C)c(C)c(Cl)c(C)c1C1(CN)CCCCC1. The molecule has 0 bridgehead atoms. The predicted molar refractivity (Wildman–Crippen MR) is 86.0 cm³/mol. The number of methoxy groups -OCH3 is 1. The molecule has 112 valence electrons. The van der Waals surface area contributed by atoms with Gasteiger partial charge in [0.15, 0.2) is 0 Å². The van der Waals surface area contributed by atoms with Gasteiger partial charge in [0.25, 0.3) is 0 Å². The van der Waals surface area contributed by atoms with Gasteiger partial charge in [-0.25, -0.2) is 0 Å². The summed E-state index contributed by atoms with van der Waals surface area (Å²) in [5.74, 6) is 0.997. The van der Waals surface area contributed by atoms with E-state index in [-0.39, 0.29) is 5.41 Å². The van der Waals surface area contributed by atoms with Gasteiger partial charge >= 0.3 is 0 Å². The lowest BCUT2D eigenvalue weighted by Crippen LogP contribution is -2.38. The van der Waals surface area contributed by atoms with E-state index in [1.54, 1.807) is 7.11 Å². The Labute approximate surface area is 127 Å². The van der Waals surface area contributed by atoms with Gasteiger partial charge in [-0.1, -0.05) is 30.9 Å². The zero-order chi connectivity index (χ0) is 14.9. The Balaban J connectivity index is 2.71. The maximum absolute atomic E-state index is 6.56. The summed E-state index contributed by atoms with van der Waals surface area (Å²) in [6.45, 7) is 6.94. The minimum atomic E-state index is 0.0375. The summed E-state index contributed by atoms with van der Waals surface area (Å²) < 4.78 is 5.76. The fourth-order valence-electron chi connectivity index (χ4n) is 3.76. The van der Waals surface area contributed by atoms with E-state index in [9.17, 15) is 0 Å². The van der Waals surface area contributed by atoms with Crippen LogP contribution in [0.4, 0.5) is 0 Å². The van der Waals surface area contributed by atoms with Crippen molar-refractivity contribution in [3.05, 3.63) is 27.3 Å². The molecular formula is C17H26ClNO. The van der Waals surface area contributed by atoms with Crippen LogP contribution in [0, 0.1) is 20.8 Å². The van der Waals surface area contributed by atoms with Gasteiger partial charge in [0, 0.05) is 22.5 Å². The highest BCUT2D eigenvalue weighted by atomic mass is 35.5. The number of benzene rings is 1. The zero-order valence-corrected chi connectivity index (χ0v) is 13.9. The minimum absolute atomic E-state index is 0.0375. The third-order valence-electron chi connectivity index (χ3n) is 5.10. The first-order valence-corrected chi connectivity index (χ1v) is 7.90. The number of rotatable bonds is 3. The number of hydrogen-bond donors (Lipinski definition) is 1. The molecule has 0 atom stereocenters. The van der Waals surface area contributed by atoms with Gasteiger partial charge in [-0.3, -0.25) is 0 Å². The molecule has 0 saturated heterocycles. The molecule has 1 fully saturated rings. The van der Waals surface area contributed by atoms with Gasteiger partial charge in [-0.15, -0.1) is 0 Å². The summed E-state index contributed by atoms with van der Waals surface area (Å²) >= 11 is 6.56.